The summed E-state index contributed by atoms with van der Waals surface area (Å²) in [7, 11) is 0. The van der Waals surface area contributed by atoms with Gasteiger partial charge < -0.3 is 14.9 Å². The lowest BCUT2D eigenvalue weighted by atomic mass is 9.80. The molecule has 29 heavy (non-hydrogen) atoms. The Labute approximate surface area is 174 Å². The van der Waals surface area contributed by atoms with Gasteiger partial charge in [-0.15, -0.1) is 0 Å². The Bertz CT molecular complexity index is 583. The van der Waals surface area contributed by atoms with Gasteiger partial charge in [0.1, 0.15) is 0 Å². The van der Waals surface area contributed by atoms with E-state index in [1.165, 1.54) is 6.42 Å². The minimum Gasteiger partial charge on any atom is -0.481 e. The molecule has 0 spiro atoms. The first kappa shape index (κ1) is 22.1. The van der Waals surface area contributed by atoms with Crippen molar-refractivity contribution in [1.82, 2.24) is 14.7 Å². The molecule has 2 heterocycles. The number of carbonyl (C=O) groups excluding carboxylic acids is 2. The number of carboxylic acid groups (broad SMARTS) is 1. The van der Waals surface area contributed by atoms with Gasteiger partial charge in [-0.1, -0.05) is 19.3 Å². The average Bonchev–Trinajstić information content (AvgIpc) is 2.73. The lowest BCUT2D eigenvalue weighted by Crippen LogP contribution is -2.50. The molecule has 2 amide bonds. The number of piperidine rings is 1. The van der Waals surface area contributed by atoms with Crippen molar-refractivity contribution >= 4 is 17.8 Å². The summed E-state index contributed by atoms with van der Waals surface area (Å²) >= 11 is 0. The summed E-state index contributed by atoms with van der Waals surface area (Å²) in [5.41, 5.74) is 0. The molecule has 0 bridgehead atoms. The summed E-state index contributed by atoms with van der Waals surface area (Å²) in [5.74, 6) is 0.288. The Morgan fingerprint density at radius 1 is 0.862 bits per heavy atom. The topological polar surface area (TPSA) is 81.2 Å². The zero-order valence-corrected chi connectivity index (χ0v) is 17.9. The van der Waals surface area contributed by atoms with E-state index in [1.54, 1.807) is 6.92 Å². The first-order valence-electron chi connectivity index (χ1n) is 11.4. The molecule has 3 rings (SSSR count). The Morgan fingerprint density at radius 2 is 1.55 bits per heavy atom. The van der Waals surface area contributed by atoms with Gasteiger partial charge in [-0.2, -0.15) is 0 Å². The highest BCUT2D eigenvalue weighted by Crippen LogP contribution is 2.32. The molecule has 2 atom stereocenters. The third-order valence-electron chi connectivity index (χ3n) is 7.23. The second-order valence-corrected chi connectivity index (χ2v) is 9.16. The molecule has 0 aromatic carbocycles. The molecule has 7 nitrogen and oxygen atoms in total. The van der Waals surface area contributed by atoms with Crippen LogP contribution in [0.1, 0.15) is 58.3 Å². The average molecular weight is 408 g/mol. The van der Waals surface area contributed by atoms with Crippen LogP contribution in [0, 0.1) is 17.8 Å². The third-order valence-corrected chi connectivity index (χ3v) is 7.23. The number of amides is 2. The zero-order chi connectivity index (χ0) is 20.8. The second kappa shape index (κ2) is 10.4. The maximum atomic E-state index is 13.0. The van der Waals surface area contributed by atoms with Crippen LogP contribution in [0.25, 0.3) is 0 Å². The summed E-state index contributed by atoms with van der Waals surface area (Å²) in [5, 5.41) is 9.33. The molecular weight excluding hydrogens is 370 g/mol. The summed E-state index contributed by atoms with van der Waals surface area (Å²) in [6, 6.07) is 0. The van der Waals surface area contributed by atoms with Crippen molar-refractivity contribution in [2.45, 2.75) is 58.3 Å². The number of aliphatic carboxylic acids is 1. The number of rotatable bonds is 6. The highest BCUT2D eigenvalue weighted by atomic mass is 16.4. The molecule has 2 aliphatic heterocycles. The van der Waals surface area contributed by atoms with Crippen LogP contribution >= 0.6 is 0 Å². The van der Waals surface area contributed by atoms with Gasteiger partial charge in [0.05, 0.1) is 0 Å². The summed E-state index contributed by atoms with van der Waals surface area (Å²) in [6.07, 6.45) is 7.50. The van der Waals surface area contributed by atoms with Crippen LogP contribution in [-0.4, -0.2) is 83.4 Å². The van der Waals surface area contributed by atoms with E-state index in [-0.39, 0.29) is 30.1 Å². The van der Waals surface area contributed by atoms with Gasteiger partial charge in [-0.3, -0.25) is 19.3 Å². The fourth-order valence-electron chi connectivity index (χ4n) is 5.34. The van der Waals surface area contributed by atoms with E-state index in [1.807, 2.05) is 9.80 Å². The van der Waals surface area contributed by atoms with Gasteiger partial charge in [-0.05, 0) is 44.1 Å². The van der Waals surface area contributed by atoms with E-state index >= 15 is 0 Å². The Balaban J connectivity index is 1.54. The van der Waals surface area contributed by atoms with Crippen LogP contribution in [0.3, 0.4) is 0 Å². The van der Waals surface area contributed by atoms with Crippen molar-refractivity contribution in [3.63, 3.8) is 0 Å². The number of nitrogens with zero attached hydrogens (tertiary/aromatic N) is 3. The van der Waals surface area contributed by atoms with Gasteiger partial charge in [0.2, 0.25) is 11.8 Å². The predicted molar refractivity (Wildman–Crippen MR) is 110 cm³/mol. The third kappa shape index (κ3) is 6.17. The molecule has 1 N–H and O–H groups in total. The molecule has 0 radical (unpaired) electrons. The molecule has 0 unspecified atom stereocenters. The van der Waals surface area contributed by atoms with E-state index in [9.17, 15) is 19.5 Å². The monoisotopic (exact) mass is 407 g/mol. The minimum atomic E-state index is -0.734. The van der Waals surface area contributed by atoms with Crippen LogP contribution in [0.4, 0.5) is 0 Å². The Kier molecular flexibility index (Phi) is 7.92. The maximum absolute atomic E-state index is 13.0. The van der Waals surface area contributed by atoms with E-state index in [0.717, 1.165) is 71.2 Å². The highest BCUT2D eigenvalue weighted by molar-refractivity contribution is 5.79. The first-order valence-corrected chi connectivity index (χ1v) is 11.4. The first-order chi connectivity index (χ1) is 13.9. The van der Waals surface area contributed by atoms with Gasteiger partial charge in [0, 0.05) is 58.5 Å². The SMILES string of the molecule is CC(=O)N1CCN(CC[C@H]2CN(C(=O)C3CCCCC3)CC[C@H]2CC(=O)O)CC1. The number of carbonyl (C=O) groups is 3. The van der Waals surface area contributed by atoms with Crippen molar-refractivity contribution in [1.29, 1.82) is 0 Å². The fraction of sp³-hybridized carbons (Fsp3) is 0.864. The molecule has 1 saturated carbocycles. The second-order valence-electron chi connectivity index (χ2n) is 9.16. The number of hydrogen-bond donors (Lipinski definition) is 1. The van der Waals surface area contributed by atoms with Crippen LogP contribution in [-0.2, 0) is 14.4 Å². The normalized spacial score (nSPS) is 27.1. The summed E-state index contributed by atoms with van der Waals surface area (Å²) in [4.78, 5) is 42.1. The molecule has 3 fully saturated rings. The minimum absolute atomic E-state index is 0.135. The van der Waals surface area contributed by atoms with Gasteiger partial charge >= 0.3 is 5.97 Å². The van der Waals surface area contributed by atoms with Gasteiger partial charge in [0.25, 0.3) is 0 Å². The van der Waals surface area contributed by atoms with Crippen LogP contribution in [0.15, 0.2) is 0 Å². The summed E-state index contributed by atoms with van der Waals surface area (Å²) in [6.45, 7) is 7.24. The zero-order valence-electron chi connectivity index (χ0n) is 17.9. The quantitative estimate of drug-likeness (QED) is 0.729. The standard InChI is InChI=1S/C22H37N3O4/c1-17(26)24-13-11-23(12-14-24)9-7-20-16-25(10-8-19(20)15-21(27)28)22(29)18-5-3-2-4-6-18/h18-20H,2-16H2,1H3,(H,27,28)/t19-,20-/m0/s1. The number of carboxylic acids is 1. The van der Waals surface area contributed by atoms with Crippen LogP contribution in [0.2, 0.25) is 0 Å². The molecule has 164 valence electrons. The van der Waals surface area contributed by atoms with E-state index < -0.39 is 5.97 Å². The molecule has 0 aromatic heterocycles. The van der Waals surface area contributed by atoms with Gasteiger partial charge in [-0.25, -0.2) is 0 Å². The Morgan fingerprint density at radius 3 is 2.17 bits per heavy atom. The number of piperazine rings is 1. The fourth-order valence-corrected chi connectivity index (χ4v) is 5.34. The van der Waals surface area contributed by atoms with Crippen molar-refractivity contribution in [2.24, 2.45) is 17.8 Å². The number of likely N-dealkylation sites (tertiary alicyclic amines) is 1. The van der Waals surface area contributed by atoms with Crippen LogP contribution in [0.5, 0.6) is 0 Å². The number of hydrogen-bond acceptors (Lipinski definition) is 4. The molecule has 0 aromatic rings. The van der Waals surface area contributed by atoms with Crippen molar-refractivity contribution in [3.05, 3.63) is 0 Å². The van der Waals surface area contributed by atoms with E-state index in [2.05, 4.69) is 4.90 Å². The molecule has 1 aliphatic carbocycles. The largest absolute Gasteiger partial charge is 0.481 e. The van der Waals surface area contributed by atoms with E-state index in [0.29, 0.717) is 19.0 Å². The molecule has 2 saturated heterocycles. The van der Waals surface area contributed by atoms with Crippen LogP contribution < -0.4 is 0 Å². The lowest BCUT2D eigenvalue weighted by Gasteiger charge is -2.41. The Hall–Kier alpha value is -1.63. The smallest absolute Gasteiger partial charge is 0.303 e. The van der Waals surface area contributed by atoms with Gasteiger partial charge in [0.15, 0.2) is 0 Å². The summed E-state index contributed by atoms with van der Waals surface area (Å²) < 4.78 is 0. The van der Waals surface area contributed by atoms with Crippen molar-refractivity contribution in [3.8, 4) is 0 Å². The van der Waals surface area contributed by atoms with Crippen molar-refractivity contribution < 1.29 is 19.5 Å². The molecular formula is C22H37N3O4. The van der Waals surface area contributed by atoms with E-state index in [4.69, 9.17) is 0 Å². The lowest BCUT2D eigenvalue weighted by molar-refractivity contribution is -0.141. The molecule has 3 aliphatic rings. The van der Waals surface area contributed by atoms with Crippen molar-refractivity contribution in [2.75, 3.05) is 45.8 Å². The highest BCUT2D eigenvalue weighted by Gasteiger charge is 2.35. The maximum Gasteiger partial charge on any atom is 0.303 e. The molecule has 7 heteroatoms. The predicted octanol–water partition coefficient (Wildman–Crippen LogP) is 2.06.